The molecule has 2 aromatic rings. The lowest BCUT2D eigenvalue weighted by Gasteiger charge is -2.10. The van der Waals surface area contributed by atoms with Crippen molar-refractivity contribution in [1.29, 1.82) is 0 Å². The zero-order valence-corrected chi connectivity index (χ0v) is 13.3. The fraction of sp³-hybridized carbons (Fsp3) is 0.333. The van der Waals surface area contributed by atoms with Gasteiger partial charge in [0.2, 0.25) is 0 Å². The molecule has 96 valence electrons. The average molecular weight is 345 g/mol. The van der Waals surface area contributed by atoms with Gasteiger partial charge in [-0.15, -0.1) is 0 Å². The molecule has 3 nitrogen and oxygen atoms in total. The number of halogens is 1. The molecule has 1 heterocycles. The number of hydrogen-bond acceptors (Lipinski definition) is 5. The van der Waals surface area contributed by atoms with Crippen LogP contribution in [0.2, 0.25) is 0 Å². The predicted octanol–water partition coefficient (Wildman–Crippen LogP) is 4.07. The summed E-state index contributed by atoms with van der Waals surface area (Å²) in [5.74, 6) is 0.873. The molecule has 0 radical (unpaired) electrons. The van der Waals surface area contributed by atoms with Crippen LogP contribution in [0.25, 0.3) is 0 Å². The fourth-order valence-corrected chi connectivity index (χ4v) is 3.69. The van der Waals surface area contributed by atoms with E-state index in [0.717, 1.165) is 31.5 Å². The van der Waals surface area contributed by atoms with Gasteiger partial charge in [-0.2, -0.15) is 4.37 Å². The molecular formula is C12H13BrN2OS2. The molecule has 0 aliphatic carbocycles. The topological polar surface area (TPSA) is 46.0 Å². The lowest BCUT2D eigenvalue weighted by Crippen LogP contribution is -1.94. The van der Waals surface area contributed by atoms with Crippen molar-refractivity contribution in [3.8, 4) is 0 Å². The Balaban J connectivity index is 2.28. The maximum Gasteiger partial charge on any atom is 0.174 e. The van der Waals surface area contributed by atoms with Gasteiger partial charge >= 0.3 is 0 Å². The van der Waals surface area contributed by atoms with E-state index in [9.17, 15) is 5.11 Å². The second kappa shape index (κ2) is 6.14. The molecule has 1 unspecified atom stereocenters. The lowest BCUT2D eigenvalue weighted by molar-refractivity contribution is 0.196. The van der Waals surface area contributed by atoms with E-state index in [1.807, 2.05) is 25.1 Å². The minimum atomic E-state index is -0.497. The van der Waals surface area contributed by atoms with Crippen molar-refractivity contribution in [1.82, 2.24) is 9.36 Å². The summed E-state index contributed by atoms with van der Waals surface area (Å²) in [5.41, 5.74) is 0.905. The first-order valence-corrected chi connectivity index (χ1v) is 7.96. The van der Waals surface area contributed by atoms with Crippen molar-refractivity contribution in [2.45, 2.75) is 35.6 Å². The highest BCUT2D eigenvalue weighted by molar-refractivity contribution is 9.10. The van der Waals surface area contributed by atoms with Crippen molar-refractivity contribution in [2.24, 2.45) is 0 Å². The Hall–Kier alpha value is -0.430. The van der Waals surface area contributed by atoms with Crippen LogP contribution >= 0.6 is 39.2 Å². The van der Waals surface area contributed by atoms with Crippen LogP contribution in [0.15, 0.2) is 31.9 Å². The minimum Gasteiger partial charge on any atom is -0.389 e. The van der Waals surface area contributed by atoms with E-state index in [-0.39, 0.29) is 0 Å². The number of nitrogens with zero attached hydrogens (tertiary/aromatic N) is 2. The highest BCUT2D eigenvalue weighted by Crippen LogP contribution is 2.35. The number of aliphatic hydroxyl groups is 1. The van der Waals surface area contributed by atoms with Crippen LogP contribution in [0, 0.1) is 0 Å². The summed E-state index contributed by atoms with van der Waals surface area (Å²) in [5, 5.41) is 9.79. The maximum absolute atomic E-state index is 9.79. The van der Waals surface area contributed by atoms with Gasteiger partial charge in [0, 0.05) is 15.8 Å². The third-order valence-electron chi connectivity index (χ3n) is 2.38. The van der Waals surface area contributed by atoms with Crippen LogP contribution < -0.4 is 0 Å². The fourth-order valence-electron chi connectivity index (χ4n) is 1.46. The van der Waals surface area contributed by atoms with Crippen LogP contribution in [0.5, 0.6) is 0 Å². The predicted molar refractivity (Wildman–Crippen MR) is 78.2 cm³/mol. The number of benzene rings is 1. The number of hydrogen-bond donors (Lipinski definition) is 1. The molecule has 18 heavy (non-hydrogen) atoms. The van der Waals surface area contributed by atoms with Gasteiger partial charge < -0.3 is 5.11 Å². The Labute approximate surface area is 123 Å². The summed E-state index contributed by atoms with van der Waals surface area (Å²) < 4.78 is 6.14. The molecule has 1 aromatic heterocycles. The number of rotatable bonds is 4. The van der Waals surface area contributed by atoms with E-state index in [0.29, 0.717) is 0 Å². The average Bonchev–Trinajstić information content (AvgIpc) is 2.79. The van der Waals surface area contributed by atoms with E-state index < -0.39 is 6.10 Å². The summed E-state index contributed by atoms with van der Waals surface area (Å²) in [6.45, 7) is 3.81. The van der Waals surface area contributed by atoms with Gasteiger partial charge in [-0.25, -0.2) is 4.98 Å². The van der Waals surface area contributed by atoms with Crippen LogP contribution in [-0.4, -0.2) is 14.5 Å². The van der Waals surface area contributed by atoms with Crippen LogP contribution in [0.1, 0.15) is 31.3 Å². The van der Waals surface area contributed by atoms with E-state index in [4.69, 9.17) is 0 Å². The molecule has 1 atom stereocenters. The van der Waals surface area contributed by atoms with Gasteiger partial charge in [0.1, 0.15) is 5.82 Å². The van der Waals surface area contributed by atoms with Crippen molar-refractivity contribution in [3.63, 3.8) is 0 Å². The molecule has 0 saturated carbocycles. The SMILES string of the molecule is CCc1nsc(Sc2ccc(Br)cc2C(C)O)n1. The first-order valence-electron chi connectivity index (χ1n) is 5.58. The molecule has 1 aromatic carbocycles. The lowest BCUT2D eigenvalue weighted by atomic mass is 10.1. The zero-order valence-electron chi connectivity index (χ0n) is 10.1. The summed E-state index contributed by atoms with van der Waals surface area (Å²) in [6.07, 6.45) is 0.351. The third-order valence-corrected chi connectivity index (χ3v) is 4.76. The van der Waals surface area contributed by atoms with Crippen molar-refractivity contribution >= 4 is 39.2 Å². The molecule has 0 saturated heterocycles. The Kier molecular flexibility index (Phi) is 4.77. The van der Waals surface area contributed by atoms with E-state index >= 15 is 0 Å². The molecule has 0 amide bonds. The molecule has 2 rings (SSSR count). The van der Waals surface area contributed by atoms with E-state index in [2.05, 4.69) is 25.3 Å². The van der Waals surface area contributed by atoms with Crippen LogP contribution in [0.3, 0.4) is 0 Å². The number of aliphatic hydroxyl groups excluding tert-OH is 1. The van der Waals surface area contributed by atoms with Gasteiger partial charge in [-0.3, -0.25) is 0 Å². The monoisotopic (exact) mass is 344 g/mol. The van der Waals surface area contributed by atoms with Gasteiger partial charge in [0.15, 0.2) is 4.34 Å². The minimum absolute atomic E-state index is 0.497. The number of aromatic nitrogens is 2. The third kappa shape index (κ3) is 3.32. The van der Waals surface area contributed by atoms with Crippen LogP contribution in [-0.2, 0) is 6.42 Å². The molecule has 0 aliphatic heterocycles. The second-order valence-corrected chi connectivity index (χ2v) is 6.75. The molecule has 6 heteroatoms. The van der Waals surface area contributed by atoms with E-state index in [1.54, 1.807) is 18.7 Å². The highest BCUT2D eigenvalue weighted by atomic mass is 79.9. The summed E-state index contributed by atoms with van der Waals surface area (Å²) in [4.78, 5) is 5.44. The Bertz CT molecular complexity index is 543. The van der Waals surface area contributed by atoms with Crippen molar-refractivity contribution < 1.29 is 5.11 Å². The summed E-state index contributed by atoms with van der Waals surface area (Å²) >= 11 is 6.37. The standard InChI is InChI=1S/C12H13BrN2OS2/c1-3-11-14-12(18-15-11)17-10-5-4-8(13)6-9(10)7(2)16/h4-7,16H,3H2,1-2H3. The Morgan fingerprint density at radius 2 is 2.28 bits per heavy atom. The zero-order chi connectivity index (χ0) is 13.1. The van der Waals surface area contributed by atoms with Crippen LogP contribution in [0.4, 0.5) is 0 Å². The van der Waals surface area contributed by atoms with Gasteiger partial charge in [-0.05, 0) is 42.2 Å². The normalized spacial score (nSPS) is 12.7. The molecule has 0 fully saturated rings. The van der Waals surface area contributed by atoms with E-state index in [1.165, 1.54) is 11.5 Å². The largest absolute Gasteiger partial charge is 0.389 e. The van der Waals surface area contributed by atoms with Gasteiger partial charge in [-0.1, -0.05) is 34.6 Å². The summed E-state index contributed by atoms with van der Waals surface area (Å²) in [6, 6.07) is 5.90. The molecular weight excluding hydrogens is 332 g/mol. The summed E-state index contributed by atoms with van der Waals surface area (Å²) in [7, 11) is 0. The van der Waals surface area contributed by atoms with Crippen molar-refractivity contribution in [3.05, 3.63) is 34.1 Å². The smallest absolute Gasteiger partial charge is 0.174 e. The highest BCUT2D eigenvalue weighted by Gasteiger charge is 2.12. The maximum atomic E-state index is 9.79. The first kappa shape index (κ1) is 14.0. The molecule has 0 bridgehead atoms. The Morgan fingerprint density at radius 1 is 1.50 bits per heavy atom. The molecule has 0 aliphatic rings. The molecule has 0 spiro atoms. The molecule has 1 N–H and O–H groups in total. The van der Waals surface area contributed by atoms with Gasteiger partial charge in [0.25, 0.3) is 0 Å². The first-order chi connectivity index (χ1) is 8.60. The number of aryl methyl sites for hydroxylation is 1. The van der Waals surface area contributed by atoms with Crippen molar-refractivity contribution in [2.75, 3.05) is 0 Å². The quantitative estimate of drug-likeness (QED) is 0.907. The Morgan fingerprint density at radius 3 is 2.89 bits per heavy atom. The van der Waals surface area contributed by atoms with Gasteiger partial charge in [0.05, 0.1) is 6.10 Å². The second-order valence-electron chi connectivity index (χ2n) is 3.79.